The molecule has 6 heteroatoms. The lowest BCUT2D eigenvalue weighted by molar-refractivity contribution is -0.384. The second-order valence-electron chi connectivity index (χ2n) is 3.30. The van der Waals surface area contributed by atoms with Gasteiger partial charge in [0, 0.05) is 12.1 Å². The second kappa shape index (κ2) is 4.87. The number of anilines is 1. The third-order valence-corrected chi connectivity index (χ3v) is 2.31. The minimum atomic E-state index is -0.452. The Balaban J connectivity index is 3.50. The molecule has 0 unspecified atom stereocenters. The van der Waals surface area contributed by atoms with Crippen LogP contribution in [0.4, 0.5) is 11.4 Å². The predicted octanol–water partition coefficient (Wildman–Crippen LogP) is 1.14. The average Bonchev–Trinajstić information content (AvgIpc) is 2.23. The first kappa shape index (κ1) is 12.4. The van der Waals surface area contributed by atoms with E-state index in [1.54, 1.807) is 13.0 Å². The number of rotatable bonds is 4. The molecule has 0 saturated heterocycles. The molecule has 0 aliphatic carbocycles. The normalized spacial score (nSPS) is 9.94. The number of nitrogens with one attached hydrogen (secondary N) is 1. The molecule has 0 spiro atoms. The van der Waals surface area contributed by atoms with Gasteiger partial charge in [0.25, 0.3) is 5.69 Å². The highest BCUT2D eigenvalue weighted by atomic mass is 16.6. The average molecular weight is 220 g/mol. The van der Waals surface area contributed by atoms with E-state index in [-0.39, 0.29) is 5.69 Å². The maximum atomic E-state index is 11.0. The molecular formula is C10H13BN2O3. The zero-order valence-corrected chi connectivity index (χ0v) is 9.53. The van der Waals surface area contributed by atoms with Crippen molar-refractivity contribution in [3.8, 4) is 5.75 Å². The third kappa shape index (κ3) is 2.10. The molecule has 1 N–H and O–H groups in total. The van der Waals surface area contributed by atoms with Gasteiger partial charge in [-0.1, -0.05) is 5.46 Å². The molecule has 84 valence electrons. The summed E-state index contributed by atoms with van der Waals surface area (Å²) in [6, 6.07) is 1.58. The molecule has 0 aromatic heterocycles. The van der Waals surface area contributed by atoms with Gasteiger partial charge in [-0.25, -0.2) is 0 Å². The monoisotopic (exact) mass is 220 g/mol. The van der Waals surface area contributed by atoms with Crippen LogP contribution in [-0.4, -0.2) is 26.4 Å². The van der Waals surface area contributed by atoms with E-state index in [1.165, 1.54) is 7.11 Å². The summed E-state index contributed by atoms with van der Waals surface area (Å²) in [6.45, 7) is 4.04. The lowest BCUT2D eigenvalue weighted by Gasteiger charge is -2.13. The summed E-state index contributed by atoms with van der Waals surface area (Å²) in [5, 5.41) is 13.9. The summed E-state index contributed by atoms with van der Waals surface area (Å²) >= 11 is 0. The second-order valence-corrected chi connectivity index (χ2v) is 3.30. The molecule has 1 aromatic carbocycles. The van der Waals surface area contributed by atoms with Gasteiger partial charge in [0.1, 0.15) is 13.6 Å². The van der Waals surface area contributed by atoms with Crippen LogP contribution in [0, 0.1) is 17.0 Å². The van der Waals surface area contributed by atoms with E-state index in [0.29, 0.717) is 29.0 Å². The predicted molar refractivity (Wildman–Crippen MR) is 63.9 cm³/mol. The minimum Gasteiger partial charge on any atom is -0.494 e. The summed E-state index contributed by atoms with van der Waals surface area (Å²) in [6.07, 6.45) is 0. The quantitative estimate of drug-likeness (QED) is 0.469. The van der Waals surface area contributed by atoms with Gasteiger partial charge in [0.05, 0.1) is 12.0 Å². The van der Waals surface area contributed by atoms with Gasteiger partial charge in [-0.05, 0) is 19.9 Å². The summed E-state index contributed by atoms with van der Waals surface area (Å²) in [7, 11) is 7.14. The van der Waals surface area contributed by atoms with Crippen molar-refractivity contribution in [2.45, 2.75) is 13.8 Å². The first-order chi connectivity index (χ1) is 7.52. The zero-order chi connectivity index (χ0) is 12.3. The van der Waals surface area contributed by atoms with Gasteiger partial charge in [-0.15, -0.1) is 0 Å². The molecule has 0 aliphatic heterocycles. The van der Waals surface area contributed by atoms with Crippen LogP contribution in [0.1, 0.15) is 12.5 Å². The van der Waals surface area contributed by atoms with Crippen LogP contribution in [0.15, 0.2) is 6.07 Å². The fourth-order valence-electron chi connectivity index (χ4n) is 1.50. The van der Waals surface area contributed by atoms with Crippen molar-refractivity contribution in [2.75, 3.05) is 19.0 Å². The van der Waals surface area contributed by atoms with Gasteiger partial charge in [0.15, 0.2) is 5.69 Å². The number of nitro groups is 1. The van der Waals surface area contributed by atoms with Crippen LogP contribution in [0.25, 0.3) is 0 Å². The van der Waals surface area contributed by atoms with Crippen molar-refractivity contribution in [3.63, 3.8) is 0 Å². The van der Waals surface area contributed by atoms with Crippen molar-refractivity contribution >= 4 is 24.7 Å². The summed E-state index contributed by atoms with van der Waals surface area (Å²) in [5.41, 5.74) is 1.15. The van der Waals surface area contributed by atoms with Crippen LogP contribution >= 0.6 is 0 Å². The SMILES string of the molecule is [B]c1cc(OC)c(NCC)c([N+](=O)[O-])c1C. The topological polar surface area (TPSA) is 64.4 Å². The Labute approximate surface area is 95.4 Å². The standard InChI is InChI=1S/C10H13BN2O3/c1-4-12-9-8(16-3)5-7(11)6(2)10(9)13(14)15/h5,12H,4H2,1-3H3. The summed E-state index contributed by atoms with van der Waals surface area (Å²) in [5.74, 6) is 0.386. The number of hydrogen-bond donors (Lipinski definition) is 1. The number of hydrogen-bond acceptors (Lipinski definition) is 4. The van der Waals surface area contributed by atoms with Crippen molar-refractivity contribution in [3.05, 3.63) is 21.7 Å². The van der Waals surface area contributed by atoms with Crippen molar-refractivity contribution < 1.29 is 9.66 Å². The Morgan fingerprint density at radius 2 is 2.25 bits per heavy atom. The molecule has 0 saturated carbocycles. The third-order valence-electron chi connectivity index (χ3n) is 2.31. The molecule has 0 heterocycles. The zero-order valence-electron chi connectivity index (χ0n) is 9.53. The van der Waals surface area contributed by atoms with E-state index >= 15 is 0 Å². The van der Waals surface area contributed by atoms with Crippen LogP contribution in [0.3, 0.4) is 0 Å². The molecule has 0 amide bonds. The van der Waals surface area contributed by atoms with Gasteiger partial charge in [-0.2, -0.15) is 0 Å². The molecule has 0 atom stereocenters. The first-order valence-electron chi connectivity index (χ1n) is 4.88. The lowest BCUT2D eigenvalue weighted by atomic mass is 9.89. The largest absolute Gasteiger partial charge is 0.494 e. The van der Waals surface area contributed by atoms with Crippen LogP contribution in [0.2, 0.25) is 0 Å². The summed E-state index contributed by atoms with van der Waals surface area (Å²) in [4.78, 5) is 10.5. The number of methoxy groups -OCH3 is 1. The smallest absolute Gasteiger partial charge is 0.298 e. The van der Waals surface area contributed by atoms with E-state index in [0.717, 1.165) is 0 Å². The highest BCUT2D eigenvalue weighted by molar-refractivity contribution is 6.34. The molecule has 2 radical (unpaired) electrons. The highest BCUT2D eigenvalue weighted by Crippen LogP contribution is 2.35. The van der Waals surface area contributed by atoms with Gasteiger partial charge in [0.2, 0.25) is 0 Å². The van der Waals surface area contributed by atoms with Crippen molar-refractivity contribution in [1.29, 1.82) is 0 Å². The number of nitrogens with zero attached hydrogens (tertiary/aromatic N) is 1. The Kier molecular flexibility index (Phi) is 3.76. The highest BCUT2D eigenvalue weighted by Gasteiger charge is 2.22. The van der Waals surface area contributed by atoms with E-state index < -0.39 is 4.92 Å². The molecular weight excluding hydrogens is 207 g/mol. The summed E-state index contributed by atoms with van der Waals surface area (Å²) < 4.78 is 5.08. The fraction of sp³-hybridized carbons (Fsp3) is 0.400. The lowest BCUT2D eigenvalue weighted by Crippen LogP contribution is -2.14. The van der Waals surface area contributed by atoms with Crippen LogP contribution < -0.4 is 15.5 Å². The van der Waals surface area contributed by atoms with E-state index in [9.17, 15) is 10.1 Å². The van der Waals surface area contributed by atoms with Crippen molar-refractivity contribution in [2.24, 2.45) is 0 Å². The van der Waals surface area contributed by atoms with E-state index in [2.05, 4.69) is 5.32 Å². The van der Waals surface area contributed by atoms with Gasteiger partial charge < -0.3 is 10.1 Å². The molecule has 0 aliphatic rings. The van der Waals surface area contributed by atoms with Crippen LogP contribution in [0.5, 0.6) is 5.75 Å². The molecule has 0 fully saturated rings. The maximum Gasteiger partial charge on any atom is 0.298 e. The molecule has 16 heavy (non-hydrogen) atoms. The Hall–Kier alpha value is -1.72. The maximum absolute atomic E-state index is 11.0. The van der Waals surface area contributed by atoms with E-state index in [4.69, 9.17) is 12.6 Å². The fourth-order valence-corrected chi connectivity index (χ4v) is 1.50. The van der Waals surface area contributed by atoms with Gasteiger partial charge >= 0.3 is 0 Å². The number of benzene rings is 1. The minimum absolute atomic E-state index is 0.0290. The molecule has 5 nitrogen and oxygen atoms in total. The Morgan fingerprint density at radius 1 is 1.62 bits per heavy atom. The Morgan fingerprint density at radius 3 is 2.69 bits per heavy atom. The first-order valence-corrected chi connectivity index (χ1v) is 4.88. The van der Waals surface area contributed by atoms with Crippen LogP contribution in [-0.2, 0) is 0 Å². The molecule has 1 aromatic rings. The van der Waals surface area contributed by atoms with Gasteiger partial charge in [-0.3, -0.25) is 10.1 Å². The number of ether oxygens (including phenoxy) is 1. The molecule has 0 bridgehead atoms. The number of nitro benzene ring substituents is 1. The van der Waals surface area contributed by atoms with E-state index in [1.807, 2.05) is 6.92 Å². The van der Waals surface area contributed by atoms with Crippen molar-refractivity contribution in [1.82, 2.24) is 0 Å². The molecule has 1 rings (SSSR count). The Bertz CT molecular complexity index is 421.